The summed E-state index contributed by atoms with van der Waals surface area (Å²) in [5.41, 5.74) is 0.291. The van der Waals surface area contributed by atoms with Crippen LogP contribution in [0.4, 0.5) is 5.69 Å². The van der Waals surface area contributed by atoms with Crippen molar-refractivity contribution in [3.8, 4) is 0 Å². The Hall–Kier alpha value is -2.93. The van der Waals surface area contributed by atoms with E-state index in [1.54, 1.807) is 37.3 Å². The van der Waals surface area contributed by atoms with Crippen molar-refractivity contribution in [3.05, 3.63) is 67.4 Å². The number of carbonyl (C=O) groups excluding carboxylic acids is 1. The maximum absolute atomic E-state index is 12.9. The van der Waals surface area contributed by atoms with Crippen LogP contribution in [0, 0.1) is 0 Å². The highest BCUT2D eigenvalue weighted by atomic mass is 35.5. The van der Waals surface area contributed by atoms with Crippen molar-refractivity contribution in [1.29, 1.82) is 0 Å². The van der Waals surface area contributed by atoms with Crippen LogP contribution in [0.15, 0.2) is 39.9 Å². The number of nitrogens with zero attached hydrogens (tertiary/aromatic N) is 2. The molecular formula is C19H19ClN4O3. The van der Waals surface area contributed by atoms with Crippen molar-refractivity contribution in [2.24, 2.45) is 0 Å². The van der Waals surface area contributed by atoms with Gasteiger partial charge in [0.15, 0.2) is 5.65 Å². The fourth-order valence-corrected chi connectivity index (χ4v) is 3.02. The first kappa shape index (κ1) is 18.8. The summed E-state index contributed by atoms with van der Waals surface area (Å²) in [6, 6.07) is 8.30. The third-order valence-electron chi connectivity index (χ3n) is 4.20. The molecular weight excluding hydrogens is 368 g/mol. The van der Waals surface area contributed by atoms with Crippen LogP contribution in [0.5, 0.6) is 0 Å². The Labute approximate surface area is 160 Å². The lowest BCUT2D eigenvalue weighted by atomic mass is 10.0. The predicted octanol–water partition coefficient (Wildman–Crippen LogP) is 3.13. The second-order valence-corrected chi connectivity index (χ2v) is 6.85. The quantitative estimate of drug-likeness (QED) is 0.719. The minimum atomic E-state index is -0.640. The van der Waals surface area contributed by atoms with Gasteiger partial charge in [-0.2, -0.15) is 0 Å². The molecule has 0 fully saturated rings. The number of aromatic amines is 1. The van der Waals surface area contributed by atoms with Crippen LogP contribution in [0.25, 0.3) is 11.0 Å². The standard InChI is InChI=1S/C19H19ClN4O3/c1-4-24-16-15(18(26)23-19(24)27)13(9-14(22-16)10(2)3)17(25)21-12-7-5-6-11(20)8-12/h5-10H,4H2,1-3H3,(H,21,25)(H,23,26,27). The molecule has 0 bridgehead atoms. The van der Waals surface area contributed by atoms with Gasteiger partial charge in [0, 0.05) is 22.9 Å². The van der Waals surface area contributed by atoms with E-state index in [0.29, 0.717) is 22.9 Å². The van der Waals surface area contributed by atoms with E-state index in [1.807, 2.05) is 13.8 Å². The maximum atomic E-state index is 12.9. The Morgan fingerprint density at radius 3 is 2.67 bits per heavy atom. The van der Waals surface area contributed by atoms with Gasteiger partial charge in [-0.1, -0.05) is 31.5 Å². The third kappa shape index (κ3) is 3.64. The van der Waals surface area contributed by atoms with Crippen molar-refractivity contribution >= 4 is 34.2 Å². The van der Waals surface area contributed by atoms with Crippen LogP contribution in [0.1, 0.15) is 42.7 Å². The van der Waals surface area contributed by atoms with Gasteiger partial charge in [-0.3, -0.25) is 19.1 Å². The van der Waals surface area contributed by atoms with E-state index in [2.05, 4.69) is 15.3 Å². The summed E-state index contributed by atoms with van der Waals surface area (Å²) in [4.78, 5) is 44.3. The molecule has 3 aromatic rings. The number of carbonyl (C=O) groups is 1. The van der Waals surface area contributed by atoms with Crippen LogP contribution in [-0.2, 0) is 6.54 Å². The average molecular weight is 387 g/mol. The number of aryl methyl sites for hydroxylation is 1. The Morgan fingerprint density at radius 1 is 1.30 bits per heavy atom. The molecule has 2 N–H and O–H groups in total. The molecule has 0 atom stereocenters. The summed E-state index contributed by atoms with van der Waals surface area (Å²) in [5, 5.41) is 3.31. The molecule has 7 nitrogen and oxygen atoms in total. The maximum Gasteiger partial charge on any atom is 0.329 e. The highest BCUT2D eigenvalue weighted by Crippen LogP contribution is 2.22. The summed E-state index contributed by atoms with van der Waals surface area (Å²) in [6.07, 6.45) is 0. The number of halogens is 1. The van der Waals surface area contributed by atoms with Gasteiger partial charge in [0.05, 0.1) is 10.9 Å². The van der Waals surface area contributed by atoms with E-state index in [9.17, 15) is 14.4 Å². The number of rotatable bonds is 4. The third-order valence-corrected chi connectivity index (χ3v) is 4.44. The molecule has 0 radical (unpaired) electrons. The molecule has 0 aliphatic carbocycles. The van der Waals surface area contributed by atoms with Crippen molar-refractivity contribution in [2.45, 2.75) is 33.2 Å². The number of pyridine rings is 1. The Bertz CT molecular complexity index is 1150. The van der Waals surface area contributed by atoms with Crippen LogP contribution < -0.4 is 16.6 Å². The fraction of sp³-hybridized carbons (Fsp3) is 0.263. The largest absolute Gasteiger partial charge is 0.329 e. The normalized spacial score (nSPS) is 11.1. The highest BCUT2D eigenvalue weighted by Gasteiger charge is 2.20. The molecule has 0 saturated heterocycles. The lowest BCUT2D eigenvalue weighted by Gasteiger charge is -2.14. The molecule has 0 unspecified atom stereocenters. The van der Waals surface area contributed by atoms with Crippen molar-refractivity contribution in [2.75, 3.05) is 5.32 Å². The van der Waals surface area contributed by atoms with Gasteiger partial charge in [-0.15, -0.1) is 0 Å². The summed E-state index contributed by atoms with van der Waals surface area (Å²) >= 11 is 5.96. The number of hydrogen-bond acceptors (Lipinski definition) is 4. The Kier molecular flexibility index (Phi) is 5.14. The number of amides is 1. The monoisotopic (exact) mass is 386 g/mol. The lowest BCUT2D eigenvalue weighted by molar-refractivity contribution is 0.102. The van der Waals surface area contributed by atoms with Gasteiger partial charge in [0.2, 0.25) is 0 Å². The molecule has 0 aliphatic rings. The van der Waals surface area contributed by atoms with Crippen molar-refractivity contribution in [3.63, 3.8) is 0 Å². The number of anilines is 1. The zero-order chi connectivity index (χ0) is 19.7. The Balaban J connectivity index is 2.26. The van der Waals surface area contributed by atoms with E-state index in [1.165, 1.54) is 4.57 Å². The van der Waals surface area contributed by atoms with E-state index >= 15 is 0 Å². The molecule has 2 heterocycles. The molecule has 140 valence electrons. The van der Waals surface area contributed by atoms with E-state index in [-0.39, 0.29) is 22.5 Å². The first-order valence-electron chi connectivity index (χ1n) is 8.56. The molecule has 27 heavy (non-hydrogen) atoms. The van der Waals surface area contributed by atoms with E-state index in [4.69, 9.17) is 11.6 Å². The smallest absolute Gasteiger partial charge is 0.322 e. The predicted molar refractivity (Wildman–Crippen MR) is 106 cm³/mol. The van der Waals surface area contributed by atoms with Gasteiger partial charge in [-0.25, -0.2) is 9.78 Å². The fourth-order valence-electron chi connectivity index (χ4n) is 2.83. The molecule has 0 aliphatic heterocycles. The summed E-state index contributed by atoms with van der Waals surface area (Å²) < 4.78 is 1.35. The minimum absolute atomic E-state index is 0.00631. The molecule has 2 aromatic heterocycles. The van der Waals surface area contributed by atoms with Gasteiger partial charge < -0.3 is 5.32 Å². The summed E-state index contributed by atoms with van der Waals surface area (Å²) in [6.45, 7) is 5.94. The van der Waals surface area contributed by atoms with Gasteiger partial charge in [-0.05, 0) is 37.1 Å². The van der Waals surface area contributed by atoms with Gasteiger partial charge in [0.1, 0.15) is 0 Å². The molecule has 0 spiro atoms. The van der Waals surface area contributed by atoms with E-state index in [0.717, 1.165) is 0 Å². The van der Waals surface area contributed by atoms with E-state index < -0.39 is 17.2 Å². The molecule has 8 heteroatoms. The topological polar surface area (TPSA) is 96.9 Å². The minimum Gasteiger partial charge on any atom is -0.322 e. The molecule has 1 amide bonds. The van der Waals surface area contributed by atoms with Gasteiger partial charge in [0.25, 0.3) is 11.5 Å². The van der Waals surface area contributed by atoms with Crippen molar-refractivity contribution < 1.29 is 4.79 Å². The number of nitrogens with one attached hydrogen (secondary N) is 2. The summed E-state index contributed by atoms with van der Waals surface area (Å²) in [7, 11) is 0. The van der Waals surface area contributed by atoms with Crippen LogP contribution in [0.2, 0.25) is 5.02 Å². The number of H-pyrrole nitrogens is 1. The first-order chi connectivity index (χ1) is 12.8. The second-order valence-electron chi connectivity index (χ2n) is 6.42. The second kappa shape index (κ2) is 7.36. The zero-order valence-corrected chi connectivity index (χ0v) is 15.9. The highest BCUT2D eigenvalue weighted by molar-refractivity contribution is 6.31. The average Bonchev–Trinajstić information content (AvgIpc) is 2.60. The zero-order valence-electron chi connectivity index (χ0n) is 15.2. The number of benzene rings is 1. The van der Waals surface area contributed by atoms with Crippen LogP contribution in [0.3, 0.4) is 0 Å². The summed E-state index contributed by atoms with van der Waals surface area (Å²) in [5.74, 6) is -0.467. The molecule has 3 rings (SSSR count). The SMILES string of the molecule is CCn1c(=O)[nH]c(=O)c2c(C(=O)Nc3cccc(Cl)c3)cc(C(C)C)nc21. The van der Waals surface area contributed by atoms with Gasteiger partial charge >= 0.3 is 5.69 Å². The molecule has 0 saturated carbocycles. The number of fused-ring (bicyclic) bond motifs is 1. The lowest BCUT2D eigenvalue weighted by Crippen LogP contribution is -2.32. The Morgan fingerprint density at radius 2 is 2.04 bits per heavy atom. The van der Waals surface area contributed by atoms with Crippen molar-refractivity contribution in [1.82, 2.24) is 14.5 Å². The molecule has 1 aromatic carbocycles. The van der Waals surface area contributed by atoms with Crippen LogP contribution in [-0.4, -0.2) is 20.4 Å². The number of aromatic nitrogens is 3. The van der Waals surface area contributed by atoms with Crippen LogP contribution >= 0.6 is 11.6 Å². The number of hydrogen-bond donors (Lipinski definition) is 2. The first-order valence-corrected chi connectivity index (χ1v) is 8.94.